The molecule has 1 amide bonds. The summed E-state index contributed by atoms with van der Waals surface area (Å²) in [6.45, 7) is 0.491. The number of nitrogens with one attached hydrogen (secondary N) is 2. The lowest BCUT2D eigenvalue weighted by Crippen LogP contribution is -2.38. The smallest absolute Gasteiger partial charge is 0.269 e. The molecule has 58 valence electrons. The maximum Gasteiger partial charge on any atom is 0.269 e. The molecular weight excluding hydrogens is 144 g/mol. The van der Waals surface area contributed by atoms with Gasteiger partial charge in [-0.15, -0.1) is 0 Å². The van der Waals surface area contributed by atoms with Crippen molar-refractivity contribution in [2.75, 3.05) is 6.54 Å². The van der Waals surface area contributed by atoms with Crippen LogP contribution in [-0.2, 0) is 0 Å². The fourth-order valence-corrected chi connectivity index (χ4v) is 1.16. The van der Waals surface area contributed by atoms with Crippen LogP contribution in [0.1, 0.15) is 22.1 Å². The Kier molecular flexibility index (Phi) is 1.19. The van der Waals surface area contributed by atoms with E-state index in [0.29, 0.717) is 12.2 Å². The van der Waals surface area contributed by atoms with Gasteiger partial charge in [-0.2, -0.15) is 5.10 Å². The van der Waals surface area contributed by atoms with Gasteiger partial charge in [0.05, 0.1) is 12.2 Å². The Bertz CT molecular complexity index is 293. The van der Waals surface area contributed by atoms with E-state index in [1.54, 1.807) is 6.20 Å². The number of nitrogens with zero attached hydrogens (tertiary/aromatic N) is 1. The van der Waals surface area contributed by atoms with Gasteiger partial charge in [0, 0.05) is 12.1 Å². The van der Waals surface area contributed by atoms with Crippen LogP contribution in [0.3, 0.4) is 0 Å². The van der Waals surface area contributed by atoms with Gasteiger partial charge in [0.15, 0.2) is 0 Å². The molecule has 2 rings (SSSR count). The normalized spacial score (nSPS) is 22.6. The molecule has 4 N–H and O–H groups in total. The third-order valence-corrected chi connectivity index (χ3v) is 1.78. The van der Waals surface area contributed by atoms with Crippen molar-refractivity contribution in [1.29, 1.82) is 0 Å². The predicted octanol–water partition coefficient (Wildman–Crippen LogP) is -0.847. The molecule has 5 nitrogen and oxygen atoms in total. The summed E-state index contributed by atoms with van der Waals surface area (Å²) in [7, 11) is 0. The number of hydrogen-bond donors (Lipinski definition) is 3. The van der Waals surface area contributed by atoms with Gasteiger partial charge in [-0.25, -0.2) is 0 Å². The summed E-state index contributed by atoms with van der Waals surface area (Å²) in [5.41, 5.74) is 6.97. The Morgan fingerprint density at radius 3 is 3.27 bits per heavy atom. The lowest BCUT2D eigenvalue weighted by Gasteiger charge is -2.17. The van der Waals surface area contributed by atoms with Crippen molar-refractivity contribution in [3.05, 3.63) is 17.5 Å². The molecule has 2 heterocycles. The highest BCUT2D eigenvalue weighted by molar-refractivity contribution is 5.94. The molecule has 0 spiro atoms. The highest BCUT2D eigenvalue weighted by Crippen LogP contribution is 2.16. The van der Waals surface area contributed by atoms with Gasteiger partial charge in [-0.1, -0.05) is 0 Å². The van der Waals surface area contributed by atoms with Gasteiger partial charge in [-0.05, 0) is 0 Å². The highest BCUT2D eigenvalue weighted by atomic mass is 16.2. The van der Waals surface area contributed by atoms with Crippen LogP contribution < -0.4 is 11.1 Å². The molecular formula is C6H8N4O. The SMILES string of the molecule is NC1CNC(=O)c2[nH]ncc21. The Labute approximate surface area is 63.0 Å². The van der Waals surface area contributed by atoms with E-state index in [-0.39, 0.29) is 11.9 Å². The topological polar surface area (TPSA) is 83.8 Å². The molecule has 0 aliphatic carbocycles. The fraction of sp³-hybridized carbons (Fsp3) is 0.333. The maximum absolute atomic E-state index is 11.1. The molecule has 1 aliphatic rings. The van der Waals surface area contributed by atoms with E-state index in [1.807, 2.05) is 0 Å². The highest BCUT2D eigenvalue weighted by Gasteiger charge is 2.23. The Morgan fingerprint density at radius 2 is 2.55 bits per heavy atom. The Hall–Kier alpha value is -1.36. The Balaban J connectivity index is 2.51. The van der Waals surface area contributed by atoms with Crippen molar-refractivity contribution in [2.45, 2.75) is 6.04 Å². The molecule has 0 fully saturated rings. The van der Waals surface area contributed by atoms with Crippen LogP contribution in [0.15, 0.2) is 6.20 Å². The second-order valence-electron chi connectivity index (χ2n) is 2.52. The molecule has 1 aromatic heterocycles. The number of fused-ring (bicyclic) bond motifs is 1. The number of carbonyl (C=O) groups is 1. The van der Waals surface area contributed by atoms with Crippen LogP contribution in [0.5, 0.6) is 0 Å². The second-order valence-corrected chi connectivity index (χ2v) is 2.52. The van der Waals surface area contributed by atoms with E-state index >= 15 is 0 Å². The zero-order valence-electron chi connectivity index (χ0n) is 5.79. The number of H-pyrrole nitrogens is 1. The summed E-state index contributed by atoms with van der Waals surface area (Å²) in [6.07, 6.45) is 1.60. The minimum Gasteiger partial charge on any atom is -0.349 e. The number of hydrogen-bond acceptors (Lipinski definition) is 3. The van der Waals surface area contributed by atoms with Gasteiger partial charge in [0.1, 0.15) is 5.69 Å². The van der Waals surface area contributed by atoms with E-state index in [2.05, 4.69) is 15.5 Å². The number of nitrogens with two attached hydrogens (primary N) is 1. The molecule has 1 aromatic rings. The largest absolute Gasteiger partial charge is 0.349 e. The summed E-state index contributed by atoms with van der Waals surface area (Å²) in [5.74, 6) is -0.126. The third-order valence-electron chi connectivity index (χ3n) is 1.78. The first-order chi connectivity index (χ1) is 5.29. The number of aromatic nitrogens is 2. The minimum atomic E-state index is -0.126. The molecule has 1 unspecified atom stereocenters. The van der Waals surface area contributed by atoms with Crippen LogP contribution in [-0.4, -0.2) is 22.6 Å². The van der Waals surface area contributed by atoms with E-state index in [4.69, 9.17) is 5.73 Å². The molecule has 0 aromatic carbocycles. The van der Waals surface area contributed by atoms with Crippen LogP contribution in [0.25, 0.3) is 0 Å². The van der Waals surface area contributed by atoms with Crippen LogP contribution >= 0.6 is 0 Å². The van der Waals surface area contributed by atoms with Crippen molar-refractivity contribution in [2.24, 2.45) is 5.73 Å². The van der Waals surface area contributed by atoms with Gasteiger partial charge in [-0.3, -0.25) is 9.89 Å². The quantitative estimate of drug-likeness (QED) is 0.453. The molecule has 5 heteroatoms. The van der Waals surface area contributed by atoms with Crippen molar-refractivity contribution in [3.63, 3.8) is 0 Å². The molecule has 11 heavy (non-hydrogen) atoms. The fourth-order valence-electron chi connectivity index (χ4n) is 1.16. The van der Waals surface area contributed by atoms with Gasteiger partial charge in [0.2, 0.25) is 0 Å². The van der Waals surface area contributed by atoms with Crippen LogP contribution in [0, 0.1) is 0 Å². The summed E-state index contributed by atoms with van der Waals surface area (Å²) >= 11 is 0. The monoisotopic (exact) mass is 152 g/mol. The third kappa shape index (κ3) is 0.813. The second kappa shape index (κ2) is 2.06. The number of rotatable bonds is 0. The molecule has 1 aliphatic heterocycles. The summed E-state index contributed by atoms with van der Waals surface area (Å²) < 4.78 is 0. The van der Waals surface area contributed by atoms with Crippen molar-refractivity contribution in [1.82, 2.24) is 15.5 Å². The van der Waals surface area contributed by atoms with E-state index in [9.17, 15) is 4.79 Å². The molecule has 0 saturated carbocycles. The zero-order valence-corrected chi connectivity index (χ0v) is 5.79. The first-order valence-corrected chi connectivity index (χ1v) is 3.36. The average Bonchev–Trinajstić information content (AvgIpc) is 2.45. The predicted molar refractivity (Wildman–Crippen MR) is 37.8 cm³/mol. The van der Waals surface area contributed by atoms with Crippen molar-refractivity contribution < 1.29 is 4.79 Å². The van der Waals surface area contributed by atoms with Crippen molar-refractivity contribution >= 4 is 5.91 Å². The van der Waals surface area contributed by atoms with Crippen molar-refractivity contribution in [3.8, 4) is 0 Å². The lowest BCUT2D eigenvalue weighted by molar-refractivity contribution is 0.0935. The Morgan fingerprint density at radius 1 is 1.73 bits per heavy atom. The number of aromatic amines is 1. The maximum atomic E-state index is 11.1. The first-order valence-electron chi connectivity index (χ1n) is 3.36. The van der Waals surface area contributed by atoms with Crippen LogP contribution in [0.2, 0.25) is 0 Å². The standard InChI is InChI=1S/C6H8N4O/c7-4-2-8-6(11)5-3(4)1-9-10-5/h1,4H,2,7H2,(H,8,11)(H,9,10). The summed E-state index contributed by atoms with van der Waals surface area (Å²) in [4.78, 5) is 11.1. The first kappa shape index (κ1) is 6.36. The number of amides is 1. The average molecular weight is 152 g/mol. The molecule has 1 atom stereocenters. The molecule has 0 bridgehead atoms. The number of carbonyl (C=O) groups excluding carboxylic acids is 1. The zero-order chi connectivity index (χ0) is 7.84. The van der Waals surface area contributed by atoms with E-state index in [1.165, 1.54) is 0 Å². The van der Waals surface area contributed by atoms with Crippen LogP contribution in [0.4, 0.5) is 0 Å². The lowest BCUT2D eigenvalue weighted by atomic mass is 10.1. The van der Waals surface area contributed by atoms with E-state index < -0.39 is 0 Å². The summed E-state index contributed by atoms with van der Waals surface area (Å²) in [5, 5.41) is 8.97. The van der Waals surface area contributed by atoms with Gasteiger partial charge >= 0.3 is 0 Å². The van der Waals surface area contributed by atoms with E-state index in [0.717, 1.165) is 5.56 Å². The van der Waals surface area contributed by atoms with Gasteiger partial charge in [0.25, 0.3) is 5.91 Å². The molecule has 0 radical (unpaired) electrons. The molecule has 0 saturated heterocycles. The van der Waals surface area contributed by atoms with Gasteiger partial charge < -0.3 is 11.1 Å². The summed E-state index contributed by atoms with van der Waals surface area (Å²) in [6, 6.07) is -0.124. The minimum absolute atomic E-state index is 0.124.